The van der Waals surface area contributed by atoms with E-state index in [2.05, 4.69) is 15.8 Å². The van der Waals surface area contributed by atoms with Crippen LogP contribution in [0, 0.1) is 13.8 Å². The number of carbonyl (C=O) groups excluding carboxylic acids is 3. The zero-order chi connectivity index (χ0) is 30.3. The number of aryl methyl sites for hydroxylation is 2. The van der Waals surface area contributed by atoms with Gasteiger partial charge in [0.15, 0.2) is 0 Å². The molecule has 2 N–H and O–H groups in total. The number of nitrogens with zero attached hydrogens (tertiary/aromatic N) is 2. The van der Waals surface area contributed by atoms with Crippen LogP contribution in [-0.2, 0) is 27.4 Å². The topological polar surface area (TPSA) is 132 Å². The van der Waals surface area contributed by atoms with Crippen LogP contribution in [0.3, 0.4) is 0 Å². The van der Waals surface area contributed by atoms with Crippen LogP contribution in [-0.4, -0.2) is 66.7 Å². The van der Waals surface area contributed by atoms with Crippen LogP contribution in [0.15, 0.2) is 47.0 Å². The Morgan fingerprint density at radius 2 is 2.00 bits per heavy atom. The fourth-order valence-electron chi connectivity index (χ4n) is 5.49. The van der Waals surface area contributed by atoms with Gasteiger partial charge in [0.1, 0.15) is 23.0 Å². The second kappa shape index (κ2) is 13.7. The molecule has 3 heterocycles. The predicted molar refractivity (Wildman–Crippen MR) is 157 cm³/mol. The van der Waals surface area contributed by atoms with E-state index in [1.165, 1.54) is 7.11 Å². The van der Waals surface area contributed by atoms with Gasteiger partial charge in [0.25, 0.3) is 5.91 Å². The highest BCUT2D eigenvalue weighted by Gasteiger charge is 2.33. The van der Waals surface area contributed by atoms with Crippen molar-refractivity contribution in [3.63, 3.8) is 0 Å². The lowest BCUT2D eigenvalue weighted by atomic mass is 10.00. The molecule has 43 heavy (non-hydrogen) atoms. The minimum atomic E-state index is -0.371. The monoisotopic (exact) mass is 590 g/mol. The largest absolute Gasteiger partial charge is 0.497 e. The van der Waals surface area contributed by atoms with Gasteiger partial charge in [-0.05, 0) is 62.9 Å². The van der Waals surface area contributed by atoms with Crippen LogP contribution in [0.25, 0.3) is 0 Å². The summed E-state index contributed by atoms with van der Waals surface area (Å²) in [5, 5.41) is 9.94. The lowest BCUT2D eigenvalue weighted by molar-refractivity contribution is -0.137. The van der Waals surface area contributed by atoms with E-state index >= 15 is 0 Å². The molecule has 3 amide bonds. The number of likely N-dealkylation sites (tertiary alicyclic amines) is 1. The maximum absolute atomic E-state index is 13.2. The van der Waals surface area contributed by atoms with Gasteiger partial charge in [-0.1, -0.05) is 17.3 Å². The van der Waals surface area contributed by atoms with Crippen molar-refractivity contribution >= 4 is 17.7 Å². The van der Waals surface area contributed by atoms with Crippen LogP contribution >= 0.6 is 0 Å². The standard InChI is InChI=1S/C32H38N4O7/c1-20-27(21(2)43-35-20)9-10-31(38)36-13-11-29-28(18-36)34-30(37)8-5-12-33-32(39)23-15-25(40-3)17-26(16-23)42-24-7-4-6-22(14-24)19-41-29/h4,6-7,14-17,28-29H,5,8-13,18-19H2,1-3H3,(H,33,39)(H,34,37)/t28-,29-/m0/s1. The van der Waals surface area contributed by atoms with E-state index in [1.54, 1.807) is 23.1 Å². The van der Waals surface area contributed by atoms with Crippen LogP contribution in [0.1, 0.15) is 58.6 Å². The van der Waals surface area contributed by atoms with Crippen molar-refractivity contribution < 1.29 is 33.1 Å². The molecule has 1 aromatic heterocycles. The Hall–Kier alpha value is -4.38. The first-order chi connectivity index (χ1) is 20.8. The molecule has 2 aromatic carbocycles. The van der Waals surface area contributed by atoms with Crippen LogP contribution in [0.2, 0.25) is 0 Å². The molecular formula is C32H38N4O7. The van der Waals surface area contributed by atoms with E-state index in [4.69, 9.17) is 18.7 Å². The van der Waals surface area contributed by atoms with Crippen LogP contribution < -0.4 is 20.1 Å². The molecule has 0 unspecified atom stereocenters. The number of carbonyl (C=O) groups is 3. The summed E-state index contributed by atoms with van der Waals surface area (Å²) >= 11 is 0. The number of fused-ring (bicyclic) bond motifs is 5. The van der Waals surface area contributed by atoms with Gasteiger partial charge in [-0.3, -0.25) is 14.4 Å². The van der Waals surface area contributed by atoms with E-state index in [9.17, 15) is 14.4 Å². The lowest BCUT2D eigenvalue weighted by Gasteiger charge is -2.39. The van der Waals surface area contributed by atoms with Crippen molar-refractivity contribution in [2.24, 2.45) is 0 Å². The molecule has 2 aliphatic heterocycles. The average Bonchev–Trinajstić information content (AvgIpc) is 3.33. The van der Waals surface area contributed by atoms with Crippen molar-refractivity contribution in [1.29, 1.82) is 0 Å². The van der Waals surface area contributed by atoms with Gasteiger partial charge in [0.05, 0.1) is 31.6 Å². The highest BCUT2D eigenvalue weighted by Crippen LogP contribution is 2.29. The molecule has 0 saturated carbocycles. The minimum absolute atomic E-state index is 0.0135. The Balaban J connectivity index is 1.30. The minimum Gasteiger partial charge on any atom is -0.497 e. The number of rotatable bonds is 4. The number of hydrogen-bond acceptors (Lipinski definition) is 8. The molecule has 3 aromatic rings. The van der Waals surface area contributed by atoms with Gasteiger partial charge in [0, 0.05) is 49.7 Å². The van der Waals surface area contributed by atoms with E-state index in [0.29, 0.717) is 74.7 Å². The van der Waals surface area contributed by atoms with Crippen molar-refractivity contribution in [3.8, 4) is 17.2 Å². The zero-order valence-corrected chi connectivity index (χ0v) is 24.8. The number of aromatic nitrogens is 1. The molecule has 11 nitrogen and oxygen atoms in total. The molecule has 0 radical (unpaired) electrons. The van der Waals surface area contributed by atoms with Gasteiger partial charge >= 0.3 is 0 Å². The predicted octanol–water partition coefficient (Wildman–Crippen LogP) is 3.85. The third-order valence-electron chi connectivity index (χ3n) is 7.86. The van der Waals surface area contributed by atoms with Crippen LogP contribution in [0.4, 0.5) is 0 Å². The Labute approximate surface area is 250 Å². The van der Waals surface area contributed by atoms with E-state index in [1.807, 2.05) is 38.1 Å². The second-order valence-corrected chi connectivity index (χ2v) is 11.0. The molecule has 1 saturated heterocycles. The summed E-state index contributed by atoms with van der Waals surface area (Å²) in [7, 11) is 1.53. The molecule has 0 spiro atoms. The number of nitrogens with one attached hydrogen (secondary N) is 2. The van der Waals surface area contributed by atoms with Crippen molar-refractivity contribution in [2.75, 3.05) is 26.7 Å². The molecule has 1 fully saturated rings. The first kappa shape index (κ1) is 30.1. The summed E-state index contributed by atoms with van der Waals surface area (Å²) in [6, 6.07) is 12.2. The van der Waals surface area contributed by atoms with Gasteiger partial charge in [-0.2, -0.15) is 0 Å². The van der Waals surface area contributed by atoms with Gasteiger partial charge in [0.2, 0.25) is 11.8 Å². The summed E-state index contributed by atoms with van der Waals surface area (Å²) in [5.74, 6) is 1.85. The molecule has 2 aliphatic rings. The zero-order valence-electron chi connectivity index (χ0n) is 24.8. The number of hydrogen-bond donors (Lipinski definition) is 2. The molecule has 5 rings (SSSR count). The molecule has 4 bridgehead atoms. The van der Waals surface area contributed by atoms with Gasteiger partial charge in [-0.15, -0.1) is 0 Å². The number of amides is 3. The summed E-state index contributed by atoms with van der Waals surface area (Å²) in [6.07, 6.45) is 1.86. The SMILES string of the molecule is COc1cc2cc(c1)C(=O)NCCCC(=O)N[C@H]1CN(C(=O)CCc3c(C)noc3C)CC[C@@H]1OCc1cccc(c1)O2. The van der Waals surface area contributed by atoms with Gasteiger partial charge in [-0.25, -0.2) is 0 Å². The van der Waals surface area contributed by atoms with E-state index in [-0.39, 0.29) is 36.3 Å². The van der Waals surface area contributed by atoms with E-state index < -0.39 is 0 Å². The molecule has 11 heteroatoms. The maximum atomic E-state index is 13.2. The Bertz CT molecular complexity index is 1450. The summed E-state index contributed by atoms with van der Waals surface area (Å²) in [5.41, 5.74) is 3.04. The number of piperidine rings is 1. The third-order valence-corrected chi connectivity index (χ3v) is 7.86. The molecular weight excluding hydrogens is 552 g/mol. The highest BCUT2D eigenvalue weighted by atomic mass is 16.5. The first-order valence-electron chi connectivity index (χ1n) is 14.6. The fraction of sp³-hybridized carbons (Fsp3) is 0.438. The number of ether oxygens (including phenoxy) is 3. The molecule has 228 valence electrons. The number of methoxy groups -OCH3 is 1. The third kappa shape index (κ3) is 7.72. The summed E-state index contributed by atoms with van der Waals surface area (Å²) in [6.45, 7) is 5.23. The Morgan fingerprint density at radius 3 is 2.79 bits per heavy atom. The number of benzene rings is 2. The maximum Gasteiger partial charge on any atom is 0.251 e. The lowest BCUT2D eigenvalue weighted by Crippen LogP contribution is -2.57. The van der Waals surface area contributed by atoms with Crippen molar-refractivity contribution in [2.45, 2.75) is 64.7 Å². The second-order valence-electron chi connectivity index (χ2n) is 11.0. The fourth-order valence-corrected chi connectivity index (χ4v) is 5.49. The average molecular weight is 591 g/mol. The van der Waals surface area contributed by atoms with Crippen molar-refractivity contribution in [3.05, 3.63) is 70.6 Å². The summed E-state index contributed by atoms with van der Waals surface area (Å²) < 4.78 is 23.0. The van der Waals surface area contributed by atoms with Crippen LogP contribution in [0.5, 0.6) is 17.2 Å². The van der Waals surface area contributed by atoms with Gasteiger partial charge < -0.3 is 34.3 Å². The van der Waals surface area contributed by atoms with Crippen molar-refractivity contribution in [1.82, 2.24) is 20.7 Å². The normalized spacial score (nSPS) is 19.7. The highest BCUT2D eigenvalue weighted by molar-refractivity contribution is 5.95. The molecule has 2 atom stereocenters. The smallest absolute Gasteiger partial charge is 0.251 e. The van der Waals surface area contributed by atoms with E-state index in [0.717, 1.165) is 22.6 Å². The quantitative estimate of drug-likeness (QED) is 0.469. The Kier molecular flexibility index (Phi) is 9.61. The molecule has 0 aliphatic carbocycles. The Morgan fingerprint density at radius 1 is 1.14 bits per heavy atom. The first-order valence-corrected chi connectivity index (χ1v) is 14.6. The summed E-state index contributed by atoms with van der Waals surface area (Å²) in [4.78, 5) is 40.8.